The molecule has 4 rings (SSSR count). The zero-order chi connectivity index (χ0) is 17.9. The Morgan fingerprint density at radius 3 is 2.46 bits per heavy atom. The van der Waals surface area contributed by atoms with Crippen molar-refractivity contribution in [2.45, 2.75) is 6.54 Å². The van der Waals surface area contributed by atoms with Crippen LogP contribution >= 0.6 is 23.2 Å². The van der Waals surface area contributed by atoms with Crippen molar-refractivity contribution in [3.05, 3.63) is 94.0 Å². The molecule has 0 atom stereocenters. The fraction of sp³-hybridized carbons (Fsp3) is 0.0476. The number of nitrogens with zero attached hydrogens (tertiary/aromatic N) is 3. The molecular formula is C21H15Cl2N3. The lowest BCUT2D eigenvalue weighted by Gasteiger charge is -2.06. The number of halogens is 2. The topological polar surface area (TPSA) is 30.2 Å². The van der Waals surface area contributed by atoms with E-state index in [-0.39, 0.29) is 0 Å². The molecule has 4 aromatic rings. The van der Waals surface area contributed by atoms with E-state index in [0.29, 0.717) is 22.5 Å². The van der Waals surface area contributed by atoms with Gasteiger partial charge in [0.15, 0.2) is 0 Å². The van der Waals surface area contributed by atoms with Gasteiger partial charge in [0.2, 0.25) is 5.95 Å². The highest BCUT2D eigenvalue weighted by Crippen LogP contribution is 2.25. The average molecular weight is 380 g/mol. The Balaban J connectivity index is 1.75. The summed E-state index contributed by atoms with van der Waals surface area (Å²) in [6.07, 6.45) is 1.75. The van der Waals surface area contributed by atoms with Crippen molar-refractivity contribution in [2.24, 2.45) is 4.99 Å². The van der Waals surface area contributed by atoms with Crippen LogP contribution in [0.4, 0.5) is 5.95 Å². The van der Waals surface area contributed by atoms with Crippen LogP contribution in [0.3, 0.4) is 0 Å². The quantitative estimate of drug-likeness (QED) is 0.391. The second-order valence-corrected chi connectivity index (χ2v) is 6.72. The van der Waals surface area contributed by atoms with Gasteiger partial charge in [0.25, 0.3) is 0 Å². The normalized spacial score (nSPS) is 11.5. The summed E-state index contributed by atoms with van der Waals surface area (Å²) in [7, 11) is 0. The molecule has 128 valence electrons. The van der Waals surface area contributed by atoms with Crippen molar-refractivity contribution in [3.63, 3.8) is 0 Å². The molecule has 0 aliphatic carbocycles. The van der Waals surface area contributed by atoms with Gasteiger partial charge in [0, 0.05) is 6.21 Å². The molecule has 26 heavy (non-hydrogen) atoms. The van der Waals surface area contributed by atoms with Crippen LogP contribution in [0.25, 0.3) is 11.0 Å². The van der Waals surface area contributed by atoms with Gasteiger partial charge in [-0.15, -0.1) is 0 Å². The van der Waals surface area contributed by atoms with Gasteiger partial charge in [-0.3, -0.25) is 0 Å². The maximum absolute atomic E-state index is 6.08. The molecular weight excluding hydrogens is 365 g/mol. The first-order chi connectivity index (χ1) is 12.7. The number of rotatable bonds is 4. The van der Waals surface area contributed by atoms with Gasteiger partial charge >= 0.3 is 0 Å². The first-order valence-corrected chi connectivity index (χ1v) is 8.94. The number of hydrogen-bond acceptors (Lipinski definition) is 2. The van der Waals surface area contributed by atoms with Gasteiger partial charge in [0.05, 0.1) is 27.6 Å². The van der Waals surface area contributed by atoms with Crippen molar-refractivity contribution in [1.82, 2.24) is 9.55 Å². The van der Waals surface area contributed by atoms with Gasteiger partial charge in [-0.2, -0.15) is 0 Å². The first kappa shape index (κ1) is 16.8. The summed E-state index contributed by atoms with van der Waals surface area (Å²) in [6, 6.07) is 23.8. The summed E-state index contributed by atoms with van der Waals surface area (Å²) < 4.78 is 2.11. The predicted molar refractivity (Wildman–Crippen MR) is 109 cm³/mol. The molecule has 0 saturated carbocycles. The first-order valence-electron chi connectivity index (χ1n) is 8.19. The summed E-state index contributed by atoms with van der Waals surface area (Å²) in [6.45, 7) is 0.704. The van der Waals surface area contributed by atoms with E-state index in [1.54, 1.807) is 18.3 Å². The summed E-state index contributed by atoms with van der Waals surface area (Å²) >= 11 is 12.1. The van der Waals surface area contributed by atoms with Crippen LogP contribution in [0.5, 0.6) is 0 Å². The monoisotopic (exact) mass is 379 g/mol. The molecule has 5 heteroatoms. The third-order valence-corrected chi connectivity index (χ3v) is 4.83. The van der Waals surface area contributed by atoms with Crippen molar-refractivity contribution in [2.75, 3.05) is 0 Å². The Bertz CT molecular complexity index is 1090. The molecule has 1 heterocycles. The average Bonchev–Trinajstić information content (AvgIpc) is 3.01. The summed E-state index contributed by atoms with van der Waals surface area (Å²) in [5.74, 6) is 0.654. The SMILES string of the molecule is Clc1ccc(C=Nc2nc3ccccc3n2Cc2ccccc2)cc1Cl. The number of hydrogen-bond donors (Lipinski definition) is 0. The smallest absolute Gasteiger partial charge is 0.230 e. The van der Waals surface area contributed by atoms with E-state index >= 15 is 0 Å². The molecule has 0 unspecified atom stereocenters. The van der Waals surface area contributed by atoms with Gasteiger partial charge < -0.3 is 4.57 Å². The molecule has 0 radical (unpaired) electrons. The Morgan fingerprint density at radius 2 is 1.65 bits per heavy atom. The largest absolute Gasteiger partial charge is 0.304 e. The van der Waals surface area contributed by atoms with E-state index in [2.05, 4.69) is 32.7 Å². The van der Waals surface area contributed by atoms with Crippen LogP contribution in [0.2, 0.25) is 10.0 Å². The highest BCUT2D eigenvalue weighted by atomic mass is 35.5. The second-order valence-electron chi connectivity index (χ2n) is 5.90. The molecule has 0 saturated heterocycles. The van der Waals surface area contributed by atoms with Gasteiger partial charge in [-0.05, 0) is 35.4 Å². The molecule has 0 fully saturated rings. The highest BCUT2D eigenvalue weighted by molar-refractivity contribution is 6.42. The summed E-state index contributed by atoms with van der Waals surface area (Å²) in [4.78, 5) is 9.28. The third-order valence-electron chi connectivity index (χ3n) is 4.09. The minimum atomic E-state index is 0.508. The van der Waals surface area contributed by atoms with Crippen molar-refractivity contribution < 1.29 is 0 Å². The molecule has 0 aliphatic rings. The van der Waals surface area contributed by atoms with Crippen LogP contribution in [0.15, 0.2) is 77.8 Å². The Kier molecular flexibility index (Phi) is 4.74. The fourth-order valence-corrected chi connectivity index (χ4v) is 3.11. The van der Waals surface area contributed by atoms with E-state index in [1.807, 2.05) is 42.5 Å². The third kappa shape index (κ3) is 3.50. The van der Waals surface area contributed by atoms with Crippen molar-refractivity contribution in [1.29, 1.82) is 0 Å². The number of fused-ring (bicyclic) bond motifs is 1. The van der Waals surface area contributed by atoms with Crippen LogP contribution < -0.4 is 0 Å². The van der Waals surface area contributed by atoms with E-state index < -0.39 is 0 Å². The lowest BCUT2D eigenvalue weighted by Crippen LogP contribution is -1.99. The zero-order valence-electron chi connectivity index (χ0n) is 13.8. The van der Waals surface area contributed by atoms with Crippen molar-refractivity contribution >= 4 is 46.4 Å². The molecule has 0 amide bonds. The summed E-state index contributed by atoms with van der Waals surface area (Å²) in [5.41, 5.74) is 4.04. The molecule has 3 aromatic carbocycles. The van der Waals surface area contributed by atoms with Gasteiger partial charge in [-0.25, -0.2) is 9.98 Å². The number of benzene rings is 3. The molecule has 0 bridgehead atoms. The molecule has 0 aliphatic heterocycles. The van der Waals surface area contributed by atoms with E-state index in [4.69, 9.17) is 23.2 Å². The van der Waals surface area contributed by atoms with Crippen LogP contribution in [0.1, 0.15) is 11.1 Å². The Morgan fingerprint density at radius 1 is 0.885 bits per heavy atom. The fourth-order valence-electron chi connectivity index (χ4n) is 2.81. The molecule has 3 nitrogen and oxygen atoms in total. The van der Waals surface area contributed by atoms with E-state index in [1.165, 1.54) is 5.56 Å². The second kappa shape index (κ2) is 7.32. The Labute approximate surface area is 161 Å². The van der Waals surface area contributed by atoms with Gasteiger partial charge in [0.1, 0.15) is 0 Å². The maximum atomic E-state index is 6.08. The Hall–Kier alpha value is -2.62. The highest BCUT2D eigenvalue weighted by Gasteiger charge is 2.10. The minimum Gasteiger partial charge on any atom is -0.304 e. The van der Waals surface area contributed by atoms with Crippen LogP contribution in [-0.4, -0.2) is 15.8 Å². The van der Waals surface area contributed by atoms with Crippen LogP contribution in [0, 0.1) is 0 Å². The van der Waals surface area contributed by atoms with Crippen molar-refractivity contribution in [3.8, 4) is 0 Å². The standard InChI is InChI=1S/C21H15Cl2N3/c22-17-11-10-16(12-18(17)23)13-24-21-25-19-8-4-5-9-20(19)26(21)14-15-6-2-1-3-7-15/h1-13H,14H2. The van der Waals surface area contributed by atoms with Crippen LogP contribution in [-0.2, 0) is 6.54 Å². The number of para-hydroxylation sites is 2. The molecule has 0 N–H and O–H groups in total. The lowest BCUT2D eigenvalue weighted by molar-refractivity contribution is 0.827. The zero-order valence-corrected chi connectivity index (χ0v) is 15.3. The minimum absolute atomic E-state index is 0.508. The van der Waals surface area contributed by atoms with E-state index in [0.717, 1.165) is 16.6 Å². The summed E-state index contributed by atoms with van der Waals surface area (Å²) in [5, 5.41) is 1.04. The molecule has 1 aromatic heterocycles. The number of aliphatic imine (C=N–C) groups is 1. The lowest BCUT2D eigenvalue weighted by atomic mass is 10.2. The van der Waals surface area contributed by atoms with E-state index in [9.17, 15) is 0 Å². The maximum Gasteiger partial charge on any atom is 0.230 e. The predicted octanol–water partition coefficient (Wildman–Crippen LogP) is 6.14. The number of aromatic nitrogens is 2. The van der Waals surface area contributed by atoms with Gasteiger partial charge in [-0.1, -0.05) is 71.7 Å². The number of imidazole rings is 1. The molecule has 0 spiro atoms.